The number of rotatable bonds is 10. The SMILES string of the molecule is COc1cc(CNC(=O)CCN2C(=O)CCC2=O)ccc1OCCC(C)C. The third-order valence-corrected chi connectivity index (χ3v) is 4.39. The molecule has 1 aliphatic rings. The van der Waals surface area contributed by atoms with Crippen LogP contribution in [0.5, 0.6) is 11.5 Å². The van der Waals surface area contributed by atoms with Gasteiger partial charge in [0.25, 0.3) is 0 Å². The number of likely N-dealkylation sites (tertiary alicyclic amines) is 1. The average molecular weight is 376 g/mol. The fourth-order valence-corrected chi connectivity index (χ4v) is 2.72. The van der Waals surface area contributed by atoms with Gasteiger partial charge in [-0.25, -0.2) is 0 Å². The van der Waals surface area contributed by atoms with E-state index in [9.17, 15) is 14.4 Å². The molecule has 7 heteroatoms. The monoisotopic (exact) mass is 376 g/mol. The molecule has 1 heterocycles. The van der Waals surface area contributed by atoms with Crippen LogP contribution in [0, 0.1) is 5.92 Å². The van der Waals surface area contributed by atoms with Crippen LogP contribution >= 0.6 is 0 Å². The van der Waals surface area contributed by atoms with Gasteiger partial charge in [-0.1, -0.05) is 19.9 Å². The molecule has 0 spiro atoms. The van der Waals surface area contributed by atoms with Crippen molar-refractivity contribution in [2.24, 2.45) is 5.92 Å². The molecule has 0 aromatic heterocycles. The number of ether oxygens (including phenoxy) is 2. The van der Waals surface area contributed by atoms with E-state index in [1.165, 1.54) is 0 Å². The first-order valence-corrected chi connectivity index (χ1v) is 9.30. The fourth-order valence-electron chi connectivity index (χ4n) is 2.72. The second kappa shape index (κ2) is 9.94. The first-order valence-electron chi connectivity index (χ1n) is 9.30. The number of benzene rings is 1. The number of nitrogens with zero attached hydrogens (tertiary/aromatic N) is 1. The first kappa shape index (κ1) is 20.7. The van der Waals surface area contributed by atoms with Crippen molar-refractivity contribution in [3.63, 3.8) is 0 Å². The largest absolute Gasteiger partial charge is 0.493 e. The van der Waals surface area contributed by atoms with Crippen LogP contribution < -0.4 is 14.8 Å². The van der Waals surface area contributed by atoms with Crippen molar-refractivity contribution in [1.29, 1.82) is 0 Å². The van der Waals surface area contributed by atoms with Gasteiger partial charge in [-0.15, -0.1) is 0 Å². The molecule has 0 aliphatic carbocycles. The van der Waals surface area contributed by atoms with E-state index >= 15 is 0 Å². The summed E-state index contributed by atoms with van der Waals surface area (Å²) in [5.41, 5.74) is 0.879. The van der Waals surface area contributed by atoms with E-state index in [0.29, 0.717) is 30.6 Å². The summed E-state index contributed by atoms with van der Waals surface area (Å²) in [6.45, 7) is 5.38. The van der Waals surface area contributed by atoms with Gasteiger partial charge in [-0.3, -0.25) is 19.3 Å². The minimum Gasteiger partial charge on any atom is -0.493 e. The summed E-state index contributed by atoms with van der Waals surface area (Å²) in [5.74, 6) is 1.25. The number of amides is 3. The van der Waals surface area contributed by atoms with Crippen LogP contribution in [0.15, 0.2) is 18.2 Å². The Hall–Kier alpha value is -2.57. The zero-order chi connectivity index (χ0) is 19.8. The number of carbonyl (C=O) groups excluding carboxylic acids is 3. The smallest absolute Gasteiger partial charge is 0.229 e. The first-order chi connectivity index (χ1) is 12.9. The zero-order valence-corrected chi connectivity index (χ0v) is 16.2. The molecule has 1 aliphatic heterocycles. The number of hydrogen-bond donors (Lipinski definition) is 1. The summed E-state index contributed by atoms with van der Waals surface area (Å²) in [7, 11) is 1.58. The van der Waals surface area contributed by atoms with Gasteiger partial charge in [0.2, 0.25) is 17.7 Å². The van der Waals surface area contributed by atoms with Gasteiger partial charge in [-0.05, 0) is 30.0 Å². The Kier molecular flexibility index (Phi) is 7.64. The molecule has 0 bridgehead atoms. The molecule has 7 nitrogen and oxygen atoms in total. The van der Waals surface area contributed by atoms with Crippen LogP contribution in [0.1, 0.15) is 45.1 Å². The van der Waals surface area contributed by atoms with Crippen LogP contribution in [0.4, 0.5) is 0 Å². The molecule has 3 amide bonds. The quantitative estimate of drug-likeness (QED) is 0.633. The van der Waals surface area contributed by atoms with Gasteiger partial charge in [-0.2, -0.15) is 0 Å². The van der Waals surface area contributed by atoms with Crippen molar-refractivity contribution < 1.29 is 23.9 Å². The Labute approximate surface area is 160 Å². The van der Waals surface area contributed by atoms with Crippen molar-refractivity contribution in [3.8, 4) is 11.5 Å². The van der Waals surface area contributed by atoms with Crippen molar-refractivity contribution in [2.75, 3.05) is 20.3 Å². The van der Waals surface area contributed by atoms with Crippen molar-refractivity contribution in [2.45, 2.75) is 46.1 Å². The second-order valence-corrected chi connectivity index (χ2v) is 6.98. The zero-order valence-electron chi connectivity index (χ0n) is 16.2. The van der Waals surface area contributed by atoms with Gasteiger partial charge in [0.05, 0.1) is 13.7 Å². The van der Waals surface area contributed by atoms with Crippen LogP contribution in [0.3, 0.4) is 0 Å². The van der Waals surface area contributed by atoms with Crippen LogP contribution in [0.2, 0.25) is 0 Å². The molecule has 0 atom stereocenters. The maximum atomic E-state index is 12.0. The maximum Gasteiger partial charge on any atom is 0.229 e. The van der Waals surface area contributed by atoms with Gasteiger partial charge >= 0.3 is 0 Å². The van der Waals surface area contributed by atoms with E-state index < -0.39 is 0 Å². The summed E-state index contributed by atoms with van der Waals surface area (Å²) >= 11 is 0. The van der Waals surface area contributed by atoms with Crippen LogP contribution in [-0.2, 0) is 20.9 Å². The Bertz CT molecular complexity index is 671. The number of hydrogen-bond acceptors (Lipinski definition) is 5. The highest BCUT2D eigenvalue weighted by Gasteiger charge is 2.28. The number of carbonyl (C=O) groups is 3. The van der Waals surface area contributed by atoms with E-state index in [0.717, 1.165) is 16.9 Å². The summed E-state index contributed by atoms with van der Waals surface area (Å²) in [6, 6.07) is 5.54. The maximum absolute atomic E-state index is 12.0. The highest BCUT2D eigenvalue weighted by atomic mass is 16.5. The third kappa shape index (κ3) is 6.27. The van der Waals surface area contributed by atoms with Crippen LogP contribution in [-0.4, -0.2) is 42.9 Å². The summed E-state index contributed by atoms with van der Waals surface area (Å²) in [5, 5.41) is 2.80. The van der Waals surface area contributed by atoms with Crippen molar-refractivity contribution in [3.05, 3.63) is 23.8 Å². The predicted octanol–water partition coefficient (Wildman–Crippen LogP) is 2.28. The van der Waals surface area contributed by atoms with Crippen LogP contribution in [0.25, 0.3) is 0 Å². The lowest BCUT2D eigenvalue weighted by Gasteiger charge is -2.14. The molecule has 0 saturated carbocycles. The van der Waals surface area contributed by atoms with E-state index in [1.807, 2.05) is 18.2 Å². The molecule has 0 unspecified atom stereocenters. The van der Waals surface area contributed by atoms with Gasteiger partial charge in [0.15, 0.2) is 11.5 Å². The molecule has 0 radical (unpaired) electrons. The summed E-state index contributed by atoms with van der Waals surface area (Å²) < 4.78 is 11.1. The lowest BCUT2D eigenvalue weighted by Crippen LogP contribution is -2.34. The molecule has 148 valence electrons. The lowest BCUT2D eigenvalue weighted by molar-refractivity contribution is -0.138. The molecule has 1 aromatic rings. The Morgan fingerprint density at radius 1 is 1.19 bits per heavy atom. The summed E-state index contributed by atoms with van der Waals surface area (Å²) in [4.78, 5) is 36.2. The van der Waals surface area contributed by atoms with Gasteiger partial charge in [0.1, 0.15) is 0 Å². The Balaban J connectivity index is 1.81. The topological polar surface area (TPSA) is 84.9 Å². The lowest BCUT2D eigenvalue weighted by atomic mass is 10.1. The third-order valence-electron chi connectivity index (χ3n) is 4.39. The minimum atomic E-state index is -0.210. The fraction of sp³-hybridized carbons (Fsp3) is 0.550. The second-order valence-electron chi connectivity index (χ2n) is 6.98. The molecular weight excluding hydrogens is 348 g/mol. The average Bonchev–Trinajstić information content (AvgIpc) is 2.96. The molecular formula is C20H28N2O5. The summed E-state index contributed by atoms with van der Waals surface area (Å²) in [6.07, 6.45) is 1.55. The Morgan fingerprint density at radius 3 is 2.52 bits per heavy atom. The molecule has 27 heavy (non-hydrogen) atoms. The van der Waals surface area contributed by atoms with Crippen molar-refractivity contribution >= 4 is 17.7 Å². The van der Waals surface area contributed by atoms with E-state index in [4.69, 9.17) is 9.47 Å². The van der Waals surface area contributed by atoms with E-state index in [1.54, 1.807) is 7.11 Å². The van der Waals surface area contributed by atoms with Gasteiger partial charge in [0, 0.05) is 32.4 Å². The standard InChI is InChI=1S/C20H28N2O5/c1-14(2)9-11-27-16-5-4-15(12-17(16)26-3)13-21-18(23)8-10-22-19(24)6-7-20(22)25/h4-5,12,14H,6-11,13H2,1-3H3,(H,21,23). The molecule has 1 saturated heterocycles. The minimum absolute atomic E-state index is 0.102. The normalized spacial score (nSPS) is 14.0. The molecule has 1 aromatic carbocycles. The predicted molar refractivity (Wildman–Crippen MR) is 100 cm³/mol. The van der Waals surface area contributed by atoms with Gasteiger partial charge < -0.3 is 14.8 Å². The molecule has 1 fully saturated rings. The highest BCUT2D eigenvalue weighted by molar-refractivity contribution is 6.02. The number of nitrogens with one attached hydrogen (secondary N) is 1. The molecule has 2 rings (SSSR count). The van der Waals surface area contributed by atoms with E-state index in [-0.39, 0.29) is 43.5 Å². The Morgan fingerprint density at radius 2 is 1.89 bits per heavy atom. The van der Waals surface area contributed by atoms with Crippen molar-refractivity contribution in [1.82, 2.24) is 10.2 Å². The number of imide groups is 1. The van der Waals surface area contributed by atoms with E-state index in [2.05, 4.69) is 19.2 Å². The highest BCUT2D eigenvalue weighted by Crippen LogP contribution is 2.28. The molecule has 1 N–H and O–H groups in total. The number of methoxy groups -OCH3 is 1.